The lowest BCUT2D eigenvalue weighted by atomic mass is 10.1. The summed E-state index contributed by atoms with van der Waals surface area (Å²) in [6.45, 7) is 2.95. The highest BCUT2D eigenvalue weighted by atomic mass is 16.6. The number of benzene rings is 1. The summed E-state index contributed by atoms with van der Waals surface area (Å²) in [5.74, 6) is -1.24. The number of anilines is 2. The van der Waals surface area contributed by atoms with Crippen LogP contribution in [0.15, 0.2) is 18.2 Å². The Hall–Kier alpha value is -3.06. The van der Waals surface area contributed by atoms with Gasteiger partial charge in [0.05, 0.1) is 70.7 Å². The van der Waals surface area contributed by atoms with E-state index in [1.807, 2.05) is 0 Å². The number of amides is 3. The van der Waals surface area contributed by atoms with Crippen LogP contribution in [0.2, 0.25) is 0 Å². The minimum absolute atomic E-state index is 0.0279. The molecule has 12 heteroatoms. The minimum Gasteiger partial charge on any atom is -0.481 e. The Kier molecular flexibility index (Phi) is 14.8. The fourth-order valence-corrected chi connectivity index (χ4v) is 2.32. The molecule has 0 spiro atoms. The zero-order valence-electron chi connectivity index (χ0n) is 17.7. The molecular weight excluding hydrogens is 426 g/mol. The normalized spacial score (nSPS) is 10.4. The summed E-state index contributed by atoms with van der Waals surface area (Å²) in [5.41, 5.74) is 1.01. The molecule has 0 fully saturated rings. The standard InChI is InChI=1S/C20H29N3O9/c24-14-22-17-2-1-16(13-18(17)23-15-25)20(28)21-4-6-30-8-10-32-12-11-31-9-7-29-5-3-19(26)27/h1-2,13-15H,3-12H2,(H,21,28)(H,22,24)(H,23,25)(H,26,27). The summed E-state index contributed by atoms with van der Waals surface area (Å²) in [6, 6.07) is 4.49. The van der Waals surface area contributed by atoms with Crippen LogP contribution >= 0.6 is 0 Å². The molecule has 0 atom stereocenters. The van der Waals surface area contributed by atoms with E-state index >= 15 is 0 Å². The molecule has 0 heterocycles. The maximum Gasteiger partial charge on any atom is 0.305 e. The van der Waals surface area contributed by atoms with Gasteiger partial charge < -0.3 is 40.0 Å². The van der Waals surface area contributed by atoms with Crippen LogP contribution in [0.4, 0.5) is 11.4 Å². The summed E-state index contributed by atoms with van der Waals surface area (Å²) >= 11 is 0. The van der Waals surface area contributed by atoms with Gasteiger partial charge >= 0.3 is 5.97 Å². The van der Waals surface area contributed by atoms with E-state index in [1.54, 1.807) is 0 Å². The van der Waals surface area contributed by atoms with Crippen molar-refractivity contribution in [3.05, 3.63) is 23.8 Å². The van der Waals surface area contributed by atoms with Crippen LogP contribution in [0, 0.1) is 0 Å². The van der Waals surface area contributed by atoms with Crippen molar-refractivity contribution in [1.29, 1.82) is 0 Å². The van der Waals surface area contributed by atoms with Gasteiger partial charge in [0.15, 0.2) is 0 Å². The highest BCUT2D eigenvalue weighted by Gasteiger charge is 2.09. The quantitative estimate of drug-likeness (QED) is 0.158. The smallest absolute Gasteiger partial charge is 0.305 e. The van der Waals surface area contributed by atoms with Gasteiger partial charge in [-0.3, -0.25) is 19.2 Å². The SMILES string of the molecule is O=CNc1ccc(C(=O)NCCOCCOCCOCCOCCC(=O)O)cc1NC=O. The van der Waals surface area contributed by atoms with Crippen LogP contribution in [0.1, 0.15) is 16.8 Å². The number of hydrogen-bond donors (Lipinski definition) is 4. The first-order valence-electron chi connectivity index (χ1n) is 9.94. The monoisotopic (exact) mass is 455 g/mol. The van der Waals surface area contributed by atoms with Crippen LogP contribution in [0.5, 0.6) is 0 Å². The summed E-state index contributed by atoms with van der Waals surface area (Å²) in [6.07, 6.45) is 0.899. The van der Waals surface area contributed by atoms with E-state index in [0.717, 1.165) is 0 Å². The summed E-state index contributed by atoms with van der Waals surface area (Å²) < 4.78 is 21.0. The van der Waals surface area contributed by atoms with Crippen LogP contribution in [-0.2, 0) is 33.3 Å². The molecule has 0 aliphatic heterocycles. The highest BCUT2D eigenvalue weighted by Crippen LogP contribution is 2.22. The fraction of sp³-hybridized carbons (Fsp3) is 0.500. The third-order valence-corrected chi connectivity index (χ3v) is 3.82. The molecule has 0 unspecified atom stereocenters. The van der Waals surface area contributed by atoms with Crippen LogP contribution in [0.25, 0.3) is 0 Å². The van der Waals surface area contributed by atoms with Crippen molar-refractivity contribution in [2.45, 2.75) is 6.42 Å². The molecule has 0 aliphatic carbocycles. The van der Waals surface area contributed by atoms with Crippen molar-refractivity contribution < 1.29 is 43.2 Å². The number of carbonyl (C=O) groups is 4. The first-order chi connectivity index (χ1) is 15.6. The Bertz CT molecular complexity index is 716. The lowest BCUT2D eigenvalue weighted by Gasteiger charge is -2.10. The lowest BCUT2D eigenvalue weighted by molar-refractivity contribution is -0.138. The molecule has 0 saturated heterocycles. The van der Waals surface area contributed by atoms with Gasteiger partial charge in [-0.05, 0) is 18.2 Å². The van der Waals surface area contributed by atoms with E-state index in [4.69, 9.17) is 24.1 Å². The number of ether oxygens (including phenoxy) is 4. The highest BCUT2D eigenvalue weighted by molar-refractivity contribution is 5.98. The first-order valence-corrected chi connectivity index (χ1v) is 9.94. The van der Waals surface area contributed by atoms with Crippen molar-refractivity contribution in [1.82, 2.24) is 5.32 Å². The van der Waals surface area contributed by atoms with Gasteiger partial charge in [0.25, 0.3) is 5.91 Å². The Balaban J connectivity index is 2.03. The molecule has 0 aliphatic rings. The number of nitrogens with one attached hydrogen (secondary N) is 3. The van der Waals surface area contributed by atoms with Crippen molar-refractivity contribution in [2.75, 3.05) is 70.0 Å². The maximum atomic E-state index is 12.2. The lowest BCUT2D eigenvalue weighted by Crippen LogP contribution is -2.27. The molecule has 4 N–H and O–H groups in total. The molecule has 12 nitrogen and oxygen atoms in total. The first kappa shape index (κ1) is 27.0. The van der Waals surface area contributed by atoms with Crippen molar-refractivity contribution in [2.24, 2.45) is 0 Å². The number of carbonyl (C=O) groups excluding carboxylic acids is 3. The maximum absolute atomic E-state index is 12.2. The molecule has 1 aromatic rings. The van der Waals surface area contributed by atoms with Gasteiger partial charge in [0.2, 0.25) is 12.8 Å². The van der Waals surface area contributed by atoms with Crippen LogP contribution < -0.4 is 16.0 Å². The van der Waals surface area contributed by atoms with E-state index in [2.05, 4.69) is 16.0 Å². The Labute approximate surface area is 185 Å². The third kappa shape index (κ3) is 12.6. The fourth-order valence-electron chi connectivity index (χ4n) is 2.32. The van der Waals surface area contributed by atoms with E-state index in [9.17, 15) is 19.2 Å². The van der Waals surface area contributed by atoms with E-state index in [-0.39, 0.29) is 25.5 Å². The molecule has 0 bridgehead atoms. The second-order valence-corrected chi connectivity index (χ2v) is 6.13. The molecule has 0 saturated carbocycles. The number of rotatable bonds is 20. The molecule has 1 aromatic carbocycles. The summed E-state index contributed by atoms with van der Waals surface area (Å²) in [5, 5.41) is 16.0. The second-order valence-electron chi connectivity index (χ2n) is 6.13. The number of hydrogen-bond acceptors (Lipinski definition) is 8. The van der Waals surface area contributed by atoms with Gasteiger partial charge in [-0.2, -0.15) is 0 Å². The van der Waals surface area contributed by atoms with Crippen LogP contribution in [-0.4, -0.2) is 89.2 Å². The van der Waals surface area contributed by atoms with Crippen molar-refractivity contribution in [3.8, 4) is 0 Å². The van der Waals surface area contributed by atoms with Gasteiger partial charge in [-0.25, -0.2) is 0 Å². The van der Waals surface area contributed by atoms with Gasteiger partial charge in [-0.15, -0.1) is 0 Å². The Morgan fingerprint density at radius 2 is 1.31 bits per heavy atom. The molecule has 3 amide bonds. The zero-order valence-corrected chi connectivity index (χ0v) is 17.7. The minimum atomic E-state index is -0.898. The van der Waals surface area contributed by atoms with Crippen molar-refractivity contribution in [3.63, 3.8) is 0 Å². The van der Waals surface area contributed by atoms with Crippen LogP contribution in [0.3, 0.4) is 0 Å². The number of carboxylic acid groups (broad SMARTS) is 1. The molecule has 1 rings (SSSR count). The average Bonchev–Trinajstić information content (AvgIpc) is 2.77. The van der Waals surface area contributed by atoms with Gasteiger partial charge in [-0.1, -0.05) is 0 Å². The van der Waals surface area contributed by atoms with Gasteiger partial charge in [0, 0.05) is 12.1 Å². The second kappa shape index (κ2) is 17.6. The predicted octanol–water partition coefficient (Wildman–Crippen LogP) is 0.0941. The molecule has 0 aromatic heterocycles. The molecule has 178 valence electrons. The Morgan fingerprint density at radius 3 is 1.88 bits per heavy atom. The van der Waals surface area contributed by atoms with Gasteiger partial charge in [0.1, 0.15) is 0 Å². The summed E-state index contributed by atoms with van der Waals surface area (Å²) in [7, 11) is 0. The van der Waals surface area contributed by atoms with E-state index in [1.165, 1.54) is 18.2 Å². The Morgan fingerprint density at radius 1 is 0.781 bits per heavy atom. The topological polar surface area (TPSA) is 162 Å². The number of aliphatic carboxylic acids is 1. The molecular formula is C20H29N3O9. The number of carboxylic acids is 1. The zero-order chi connectivity index (χ0) is 23.4. The molecule has 32 heavy (non-hydrogen) atoms. The predicted molar refractivity (Wildman–Crippen MR) is 114 cm³/mol. The largest absolute Gasteiger partial charge is 0.481 e. The van der Waals surface area contributed by atoms with E-state index < -0.39 is 5.97 Å². The third-order valence-electron chi connectivity index (χ3n) is 3.82. The molecule has 0 radical (unpaired) electrons. The van der Waals surface area contributed by atoms with E-state index in [0.29, 0.717) is 76.0 Å². The summed E-state index contributed by atoms with van der Waals surface area (Å²) in [4.78, 5) is 43.7. The average molecular weight is 455 g/mol. The van der Waals surface area contributed by atoms with Crippen molar-refractivity contribution >= 4 is 36.1 Å².